The van der Waals surface area contributed by atoms with E-state index in [1.54, 1.807) is 16.0 Å². The molecule has 0 aliphatic carbocycles. The number of halogens is 1. The van der Waals surface area contributed by atoms with Gasteiger partial charge in [-0.1, -0.05) is 0 Å². The van der Waals surface area contributed by atoms with E-state index in [9.17, 15) is 0 Å². The highest BCUT2D eigenvalue weighted by molar-refractivity contribution is 14.0. The summed E-state index contributed by atoms with van der Waals surface area (Å²) < 4.78 is 7.70. The Labute approximate surface area is 169 Å². The third-order valence-corrected chi connectivity index (χ3v) is 4.83. The summed E-state index contributed by atoms with van der Waals surface area (Å²) in [5.41, 5.74) is 2.24. The molecule has 1 fully saturated rings. The van der Waals surface area contributed by atoms with Crippen LogP contribution in [0.2, 0.25) is 0 Å². The molecule has 138 valence electrons. The van der Waals surface area contributed by atoms with Crippen LogP contribution in [0.4, 0.5) is 0 Å². The van der Waals surface area contributed by atoms with E-state index in [2.05, 4.69) is 30.7 Å². The van der Waals surface area contributed by atoms with Gasteiger partial charge in [0.15, 0.2) is 5.96 Å². The molecule has 1 N–H and O–H groups in total. The van der Waals surface area contributed by atoms with E-state index in [0.29, 0.717) is 6.61 Å². The predicted molar refractivity (Wildman–Crippen MR) is 111 cm³/mol. The first kappa shape index (κ1) is 20.1. The molecule has 1 aliphatic rings. The van der Waals surface area contributed by atoms with Crippen LogP contribution in [0, 0.1) is 6.92 Å². The van der Waals surface area contributed by atoms with Crippen molar-refractivity contribution in [3.05, 3.63) is 34.0 Å². The fraction of sp³-hybridized carbons (Fsp3) is 0.562. The molecule has 0 bridgehead atoms. The van der Waals surface area contributed by atoms with Gasteiger partial charge in [-0.25, -0.2) is 4.98 Å². The molecule has 1 atom stereocenters. The fourth-order valence-corrected chi connectivity index (χ4v) is 3.45. The van der Waals surface area contributed by atoms with Crippen molar-refractivity contribution in [3.8, 4) is 0 Å². The van der Waals surface area contributed by atoms with Crippen molar-refractivity contribution in [1.82, 2.24) is 25.0 Å². The summed E-state index contributed by atoms with van der Waals surface area (Å²) in [6, 6.07) is 0. The Hall–Kier alpha value is -1.20. The number of morpholine rings is 1. The summed E-state index contributed by atoms with van der Waals surface area (Å²) in [6.07, 6.45) is 4.82. The van der Waals surface area contributed by atoms with Crippen LogP contribution in [0.3, 0.4) is 0 Å². The molecule has 3 rings (SSSR count). The van der Waals surface area contributed by atoms with Crippen molar-refractivity contribution in [2.75, 3.05) is 33.3 Å². The molecule has 0 saturated carbocycles. The minimum atomic E-state index is 0. The maximum absolute atomic E-state index is 5.89. The fourth-order valence-electron chi connectivity index (χ4n) is 2.81. The van der Waals surface area contributed by atoms with Gasteiger partial charge in [0.05, 0.1) is 30.1 Å². The number of aromatic nitrogens is 3. The minimum absolute atomic E-state index is 0. The van der Waals surface area contributed by atoms with Crippen molar-refractivity contribution in [2.45, 2.75) is 19.4 Å². The van der Waals surface area contributed by atoms with Crippen LogP contribution in [0.15, 0.2) is 22.8 Å². The molecule has 9 heteroatoms. The van der Waals surface area contributed by atoms with E-state index >= 15 is 0 Å². The van der Waals surface area contributed by atoms with Crippen LogP contribution < -0.4 is 5.32 Å². The Kier molecular flexibility index (Phi) is 7.63. The average Bonchev–Trinajstić information content (AvgIpc) is 3.20. The highest BCUT2D eigenvalue weighted by atomic mass is 127. The maximum Gasteiger partial charge on any atom is 0.193 e. The quantitative estimate of drug-likeness (QED) is 0.416. The molecule has 3 heterocycles. The molecule has 0 aromatic carbocycles. The summed E-state index contributed by atoms with van der Waals surface area (Å²) >= 11 is 1.69. The lowest BCUT2D eigenvalue weighted by molar-refractivity contribution is -0.00801. The second-order valence-corrected chi connectivity index (χ2v) is 6.90. The summed E-state index contributed by atoms with van der Waals surface area (Å²) in [7, 11) is 3.74. The van der Waals surface area contributed by atoms with E-state index in [1.807, 2.05) is 33.4 Å². The number of thiazole rings is 1. The van der Waals surface area contributed by atoms with Gasteiger partial charge in [0, 0.05) is 50.7 Å². The molecule has 2 aromatic rings. The van der Waals surface area contributed by atoms with Gasteiger partial charge in [-0.2, -0.15) is 5.10 Å². The molecule has 2 aromatic heterocycles. The summed E-state index contributed by atoms with van der Waals surface area (Å²) in [6.45, 7) is 5.16. The molecular weight excluding hydrogens is 451 g/mol. The lowest BCUT2D eigenvalue weighted by atomic mass is 10.1. The lowest BCUT2D eigenvalue weighted by Gasteiger charge is -2.34. The number of guanidine groups is 1. The van der Waals surface area contributed by atoms with Gasteiger partial charge in [0.2, 0.25) is 0 Å². The van der Waals surface area contributed by atoms with Crippen LogP contribution >= 0.6 is 35.3 Å². The van der Waals surface area contributed by atoms with E-state index in [1.165, 1.54) is 0 Å². The average molecular weight is 476 g/mol. The minimum Gasteiger partial charge on any atom is -0.370 e. The van der Waals surface area contributed by atoms with Gasteiger partial charge in [0.1, 0.15) is 6.10 Å². The molecule has 0 amide bonds. The van der Waals surface area contributed by atoms with Crippen molar-refractivity contribution in [3.63, 3.8) is 0 Å². The highest BCUT2D eigenvalue weighted by Crippen LogP contribution is 2.21. The van der Waals surface area contributed by atoms with Crippen LogP contribution in [-0.4, -0.2) is 58.9 Å². The Morgan fingerprint density at radius 2 is 2.36 bits per heavy atom. The van der Waals surface area contributed by atoms with Gasteiger partial charge in [-0.15, -0.1) is 35.3 Å². The van der Waals surface area contributed by atoms with Crippen molar-refractivity contribution < 1.29 is 4.74 Å². The molecule has 0 spiro atoms. The number of hydrogen-bond acceptors (Lipinski definition) is 5. The number of aliphatic imine (C=N–C) groups is 1. The monoisotopic (exact) mass is 476 g/mol. The topological polar surface area (TPSA) is 67.6 Å². The Morgan fingerprint density at radius 1 is 1.52 bits per heavy atom. The third kappa shape index (κ3) is 5.38. The van der Waals surface area contributed by atoms with E-state index in [4.69, 9.17) is 4.74 Å². The smallest absolute Gasteiger partial charge is 0.193 e. The largest absolute Gasteiger partial charge is 0.370 e. The van der Waals surface area contributed by atoms with Crippen molar-refractivity contribution in [1.29, 1.82) is 0 Å². The number of ether oxygens (including phenoxy) is 1. The number of rotatable bonds is 4. The zero-order valence-corrected chi connectivity index (χ0v) is 18.0. The Morgan fingerprint density at radius 3 is 3.00 bits per heavy atom. The lowest BCUT2D eigenvalue weighted by Crippen LogP contribution is -2.48. The van der Waals surface area contributed by atoms with E-state index in [-0.39, 0.29) is 30.1 Å². The van der Waals surface area contributed by atoms with Crippen LogP contribution in [0.1, 0.15) is 22.4 Å². The van der Waals surface area contributed by atoms with Crippen LogP contribution in [0.25, 0.3) is 0 Å². The maximum atomic E-state index is 5.89. The number of hydrogen-bond donors (Lipinski definition) is 1. The molecule has 1 unspecified atom stereocenters. The zero-order valence-electron chi connectivity index (χ0n) is 14.8. The van der Waals surface area contributed by atoms with Crippen LogP contribution in [0.5, 0.6) is 0 Å². The first-order valence-electron chi connectivity index (χ1n) is 8.12. The molecular formula is C16H25IN6OS. The third-order valence-electron chi connectivity index (χ3n) is 4.01. The van der Waals surface area contributed by atoms with E-state index < -0.39 is 0 Å². The number of aryl methyl sites for hydroxylation is 2. The molecule has 0 radical (unpaired) electrons. The van der Waals surface area contributed by atoms with Gasteiger partial charge < -0.3 is 15.0 Å². The SMILES string of the molecule is CN=C(NCCc1csc(C)n1)N1CCOC(c2cnn(C)c2)C1.I. The predicted octanol–water partition coefficient (Wildman–Crippen LogP) is 1.99. The van der Waals surface area contributed by atoms with E-state index in [0.717, 1.165) is 48.3 Å². The van der Waals surface area contributed by atoms with Gasteiger partial charge >= 0.3 is 0 Å². The first-order chi connectivity index (χ1) is 11.7. The molecule has 7 nitrogen and oxygen atoms in total. The van der Waals surface area contributed by atoms with Crippen LogP contribution in [-0.2, 0) is 18.2 Å². The first-order valence-corrected chi connectivity index (χ1v) is 9.00. The molecule has 25 heavy (non-hydrogen) atoms. The van der Waals surface area contributed by atoms with Gasteiger partial charge in [-0.3, -0.25) is 9.67 Å². The summed E-state index contributed by atoms with van der Waals surface area (Å²) in [5.74, 6) is 0.916. The normalized spacial score (nSPS) is 18.1. The zero-order chi connectivity index (χ0) is 16.9. The number of nitrogens with one attached hydrogen (secondary N) is 1. The van der Waals surface area contributed by atoms with Gasteiger partial charge in [-0.05, 0) is 6.92 Å². The molecule has 1 saturated heterocycles. The highest BCUT2D eigenvalue weighted by Gasteiger charge is 2.25. The van der Waals surface area contributed by atoms with Crippen molar-refractivity contribution >= 4 is 41.3 Å². The molecule has 1 aliphatic heterocycles. The number of nitrogens with zero attached hydrogens (tertiary/aromatic N) is 5. The second kappa shape index (κ2) is 9.48. The van der Waals surface area contributed by atoms with Gasteiger partial charge in [0.25, 0.3) is 0 Å². The standard InChI is InChI=1S/C16H24N6OS.HI/c1-12-20-14(11-24-12)4-5-18-16(17-2)22-6-7-23-15(10-22)13-8-19-21(3)9-13;/h8-9,11,15H,4-7,10H2,1-3H3,(H,17,18);1H. The Bertz CT molecular complexity index is 700. The summed E-state index contributed by atoms with van der Waals surface area (Å²) in [5, 5.41) is 10.9. The Balaban J connectivity index is 0.00000225. The van der Waals surface area contributed by atoms with Crippen molar-refractivity contribution in [2.24, 2.45) is 12.0 Å². The second-order valence-electron chi connectivity index (χ2n) is 5.83. The summed E-state index contributed by atoms with van der Waals surface area (Å²) in [4.78, 5) is 11.2.